The quantitative estimate of drug-likeness (QED) is 0.534. The summed E-state index contributed by atoms with van der Waals surface area (Å²) in [5, 5.41) is 11.1. The molecule has 4 aromatic rings. The molecule has 0 aliphatic rings. The Morgan fingerprint density at radius 2 is 1.56 bits per heavy atom. The molecule has 0 aliphatic carbocycles. The number of hydrogen-bond acceptors (Lipinski definition) is 5. The van der Waals surface area contributed by atoms with Crippen LogP contribution in [-0.2, 0) is 0 Å². The molecule has 2 heterocycles. The van der Waals surface area contributed by atoms with E-state index in [0.29, 0.717) is 22.3 Å². The van der Waals surface area contributed by atoms with E-state index < -0.39 is 11.3 Å². The third-order valence-electron chi connectivity index (χ3n) is 4.39. The van der Waals surface area contributed by atoms with Crippen LogP contribution in [0.15, 0.2) is 60.9 Å². The van der Waals surface area contributed by atoms with Crippen LogP contribution in [0.5, 0.6) is 5.75 Å². The van der Waals surface area contributed by atoms with Gasteiger partial charge in [0.15, 0.2) is 0 Å². The lowest BCUT2D eigenvalue weighted by molar-refractivity contribution is 0.473. The maximum Gasteiger partial charge on any atom is 0.344 e. The van der Waals surface area contributed by atoms with Crippen LogP contribution in [-0.4, -0.2) is 5.11 Å². The van der Waals surface area contributed by atoms with Gasteiger partial charge in [-0.05, 0) is 48.7 Å². The first-order valence-electron chi connectivity index (χ1n) is 7.75. The first-order chi connectivity index (χ1) is 11.9. The summed E-state index contributed by atoms with van der Waals surface area (Å²) < 4.78 is 10.6. The fourth-order valence-electron chi connectivity index (χ4n) is 3.16. The minimum absolute atomic E-state index is 0.0331. The highest BCUT2D eigenvalue weighted by atomic mass is 16.4. The topological polar surface area (TPSA) is 80.7 Å². The molecule has 124 valence electrons. The highest BCUT2D eigenvalue weighted by molar-refractivity contribution is 5.90. The first-order valence-corrected chi connectivity index (χ1v) is 7.75. The Morgan fingerprint density at radius 3 is 2.36 bits per heavy atom. The zero-order valence-corrected chi connectivity index (χ0v) is 13.6. The van der Waals surface area contributed by atoms with E-state index in [0.717, 1.165) is 21.9 Å². The van der Waals surface area contributed by atoms with Gasteiger partial charge in [-0.25, -0.2) is 9.59 Å². The normalized spacial score (nSPS) is 11.3. The van der Waals surface area contributed by atoms with Crippen molar-refractivity contribution in [2.24, 2.45) is 0 Å². The second kappa shape index (κ2) is 5.34. The molecule has 0 fully saturated rings. The van der Waals surface area contributed by atoms with E-state index >= 15 is 0 Å². The average Bonchev–Trinajstić information content (AvgIpc) is 2.53. The van der Waals surface area contributed by atoms with Gasteiger partial charge in [-0.15, -0.1) is 0 Å². The SMILES string of the molecule is Cc1cc(=O)oc2cc(-c3c(C)c4ccc(O)cc4oc3=O)ccc12. The van der Waals surface area contributed by atoms with Crippen molar-refractivity contribution in [1.29, 1.82) is 0 Å². The predicted molar refractivity (Wildman–Crippen MR) is 95.1 cm³/mol. The van der Waals surface area contributed by atoms with Crippen LogP contribution in [0.4, 0.5) is 0 Å². The van der Waals surface area contributed by atoms with Crippen molar-refractivity contribution < 1.29 is 13.9 Å². The molecule has 25 heavy (non-hydrogen) atoms. The standard InChI is InChI=1S/C20H14O5/c1-10-7-18(22)24-16-8-12(3-5-14(10)16)19-11(2)15-6-4-13(21)9-17(15)25-20(19)23/h3-9,21H,1-2H3. The van der Waals surface area contributed by atoms with Crippen molar-refractivity contribution in [3.63, 3.8) is 0 Å². The van der Waals surface area contributed by atoms with Gasteiger partial charge in [0, 0.05) is 22.9 Å². The van der Waals surface area contributed by atoms with Gasteiger partial charge in [-0.1, -0.05) is 12.1 Å². The summed E-state index contributed by atoms with van der Waals surface area (Å²) in [6.07, 6.45) is 0. The molecule has 0 spiro atoms. The Labute approximate surface area is 141 Å². The summed E-state index contributed by atoms with van der Waals surface area (Å²) in [5.41, 5.74) is 2.38. The maximum atomic E-state index is 12.5. The molecular weight excluding hydrogens is 320 g/mol. The molecular formula is C20H14O5. The number of rotatable bonds is 1. The Balaban J connectivity index is 2.04. The van der Waals surface area contributed by atoms with Crippen LogP contribution < -0.4 is 11.3 Å². The van der Waals surface area contributed by atoms with E-state index in [-0.39, 0.29) is 5.75 Å². The summed E-state index contributed by atoms with van der Waals surface area (Å²) >= 11 is 0. The smallest absolute Gasteiger partial charge is 0.344 e. The number of aryl methyl sites for hydroxylation is 2. The Bertz CT molecular complexity index is 1260. The van der Waals surface area contributed by atoms with E-state index in [1.165, 1.54) is 12.1 Å². The van der Waals surface area contributed by atoms with Gasteiger partial charge in [0.1, 0.15) is 16.9 Å². The average molecular weight is 334 g/mol. The monoisotopic (exact) mass is 334 g/mol. The second-order valence-corrected chi connectivity index (χ2v) is 6.03. The lowest BCUT2D eigenvalue weighted by Gasteiger charge is -2.09. The molecule has 2 aromatic carbocycles. The highest BCUT2D eigenvalue weighted by Crippen LogP contribution is 2.30. The van der Waals surface area contributed by atoms with Gasteiger partial charge >= 0.3 is 11.3 Å². The van der Waals surface area contributed by atoms with E-state index in [4.69, 9.17) is 8.83 Å². The molecule has 0 atom stereocenters. The Morgan fingerprint density at radius 1 is 0.840 bits per heavy atom. The minimum Gasteiger partial charge on any atom is -0.508 e. The van der Waals surface area contributed by atoms with Crippen molar-refractivity contribution in [2.75, 3.05) is 0 Å². The number of benzene rings is 2. The summed E-state index contributed by atoms with van der Waals surface area (Å²) in [4.78, 5) is 24.1. The molecule has 0 bridgehead atoms. The zero-order chi connectivity index (χ0) is 17.7. The van der Waals surface area contributed by atoms with Gasteiger partial charge in [0.25, 0.3) is 0 Å². The zero-order valence-electron chi connectivity index (χ0n) is 13.6. The van der Waals surface area contributed by atoms with Gasteiger partial charge < -0.3 is 13.9 Å². The number of phenols is 1. The van der Waals surface area contributed by atoms with E-state index in [2.05, 4.69) is 0 Å². The van der Waals surface area contributed by atoms with Crippen LogP contribution in [0.2, 0.25) is 0 Å². The van der Waals surface area contributed by atoms with E-state index in [1.807, 2.05) is 19.9 Å². The van der Waals surface area contributed by atoms with Crippen LogP contribution >= 0.6 is 0 Å². The van der Waals surface area contributed by atoms with Gasteiger partial charge in [-0.3, -0.25) is 0 Å². The van der Waals surface area contributed by atoms with Gasteiger partial charge in [-0.2, -0.15) is 0 Å². The third-order valence-corrected chi connectivity index (χ3v) is 4.39. The molecule has 1 N–H and O–H groups in total. The molecule has 0 aliphatic heterocycles. The number of aromatic hydroxyl groups is 1. The summed E-state index contributed by atoms with van der Waals surface area (Å²) in [5.74, 6) is 0.0331. The largest absolute Gasteiger partial charge is 0.508 e. The Kier molecular flexibility index (Phi) is 3.25. The van der Waals surface area contributed by atoms with E-state index in [9.17, 15) is 14.7 Å². The predicted octanol–water partition coefficient (Wildman–Crippen LogP) is 3.89. The van der Waals surface area contributed by atoms with Crippen molar-refractivity contribution in [3.05, 3.63) is 74.4 Å². The molecule has 0 radical (unpaired) electrons. The number of hydrogen-bond donors (Lipinski definition) is 1. The van der Waals surface area contributed by atoms with Crippen molar-refractivity contribution >= 4 is 21.9 Å². The molecule has 4 rings (SSSR count). The molecule has 0 amide bonds. The fraction of sp³-hybridized carbons (Fsp3) is 0.100. The van der Waals surface area contributed by atoms with Crippen molar-refractivity contribution in [3.8, 4) is 16.9 Å². The fourth-order valence-corrected chi connectivity index (χ4v) is 3.16. The van der Waals surface area contributed by atoms with E-state index in [1.54, 1.807) is 24.3 Å². The van der Waals surface area contributed by atoms with Crippen LogP contribution in [0.3, 0.4) is 0 Å². The molecule has 0 unspecified atom stereocenters. The minimum atomic E-state index is -0.509. The molecule has 2 aromatic heterocycles. The maximum absolute atomic E-state index is 12.5. The van der Waals surface area contributed by atoms with Crippen molar-refractivity contribution in [1.82, 2.24) is 0 Å². The van der Waals surface area contributed by atoms with Gasteiger partial charge in [0.05, 0.1) is 5.56 Å². The molecule has 0 saturated heterocycles. The first kappa shape index (κ1) is 15.2. The van der Waals surface area contributed by atoms with Gasteiger partial charge in [0.2, 0.25) is 0 Å². The lowest BCUT2D eigenvalue weighted by Crippen LogP contribution is -2.06. The molecule has 5 nitrogen and oxygen atoms in total. The lowest BCUT2D eigenvalue weighted by atomic mass is 9.98. The molecule has 0 saturated carbocycles. The summed E-state index contributed by atoms with van der Waals surface area (Å²) in [6, 6.07) is 11.4. The summed E-state index contributed by atoms with van der Waals surface area (Å²) in [7, 11) is 0. The highest BCUT2D eigenvalue weighted by Gasteiger charge is 2.15. The van der Waals surface area contributed by atoms with Crippen LogP contribution in [0.1, 0.15) is 11.1 Å². The molecule has 5 heteroatoms. The van der Waals surface area contributed by atoms with Crippen LogP contribution in [0, 0.1) is 13.8 Å². The number of phenolic OH excluding ortho intramolecular Hbond substituents is 1. The van der Waals surface area contributed by atoms with Crippen molar-refractivity contribution in [2.45, 2.75) is 13.8 Å². The third kappa shape index (κ3) is 2.41. The summed E-state index contributed by atoms with van der Waals surface area (Å²) in [6.45, 7) is 3.66. The number of fused-ring (bicyclic) bond motifs is 2. The second-order valence-electron chi connectivity index (χ2n) is 6.03. The van der Waals surface area contributed by atoms with Crippen LogP contribution in [0.25, 0.3) is 33.1 Å². The Hall–Kier alpha value is -3.34.